The Labute approximate surface area is 309 Å². The summed E-state index contributed by atoms with van der Waals surface area (Å²) in [6.45, 7) is 13.9. The smallest absolute Gasteiger partial charge is 0.335 e. The van der Waals surface area contributed by atoms with Crippen molar-refractivity contribution < 1.29 is 34.3 Å². The molecule has 0 unspecified atom stereocenters. The summed E-state index contributed by atoms with van der Waals surface area (Å²) < 4.78 is 2.17. The number of fused-ring (bicyclic) bond motifs is 2. The van der Waals surface area contributed by atoms with E-state index in [-0.39, 0.29) is 33.8 Å². The lowest BCUT2D eigenvalue weighted by Crippen LogP contribution is -2.35. The molecule has 2 N–H and O–H groups in total. The predicted molar refractivity (Wildman–Crippen MR) is 205 cm³/mol. The number of Topliss-reactive ketones (excluding diaryl/α,β-unsaturated/α-hetero) is 1. The van der Waals surface area contributed by atoms with Crippen LogP contribution in [0.5, 0.6) is 0 Å². The van der Waals surface area contributed by atoms with Crippen molar-refractivity contribution in [3.63, 3.8) is 0 Å². The van der Waals surface area contributed by atoms with E-state index < -0.39 is 22.8 Å². The molecule has 0 amide bonds. The highest BCUT2D eigenvalue weighted by molar-refractivity contribution is 6.24. The van der Waals surface area contributed by atoms with Crippen LogP contribution in [0, 0.1) is 0 Å². The van der Waals surface area contributed by atoms with Crippen LogP contribution in [0.1, 0.15) is 150 Å². The Bertz CT molecular complexity index is 1860. The van der Waals surface area contributed by atoms with Gasteiger partial charge in [-0.05, 0) is 68.7 Å². The van der Waals surface area contributed by atoms with Crippen molar-refractivity contribution in [2.45, 2.75) is 129 Å². The largest absolute Gasteiger partial charge is 0.871 e. The molecule has 1 aliphatic carbocycles. The van der Waals surface area contributed by atoms with E-state index in [1.807, 2.05) is 39.8 Å². The molecule has 0 spiro atoms. The van der Waals surface area contributed by atoms with Crippen LogP contribution in [0.4, 0.5) is 11.4 Å². The summed E-state index contributed by atoms with van der Waals surface area (Å²) in [7, 11) is 0. The maximum Gasteiger partial charge on any atom is 0.335 e. The minimum atomic E-state index is -0.994. The Morgan fingerprint density at radius 2 is 1.31 bits per heavy atom. The third-order valence-corrected chi connectivity index (χ3v) is 11.3. The van der Waals surface area contributed by atoms with Crippen molar-refractivity contribution >= 4 is 34.8 Å². The molecule has 0 atom stereocenters. The highest BCUT2D eigenvalue weighted by Crippen LogP contribution is 2.50. The number of benzene rings is 2. The Kier molecular flexibility index (Phi) is 12.0. The van der Waals surface area contributed by atoms with Crippen molar-refractivity contribution in [2.24, 2.45) is 0 Å². The Balaban J connectivity index is 1.51. The number of unbranched alkanes of at least 4 members (excludes halogenated alkanes) is 10. The van der Waals surface area contributed by atoms with Crippen molar-refractivity contribution in [1.29, 1.82) is 0 Å². The van der Waals surface area contributed by atoms with Crippen molar-refractivity contribution in [1.82, 2.24) is 0 Å². The Morgan fingerprint density at radius 1 is 0.750 bits per heavy atom. The first-order valence-electron chi connectivity index (χ1n) is 19.3. The fourth-order valence-corrected chi connectivity index (χ4v) is 8.09. The summed E-state index contributed by atoms with van der Waals surface area (Å²) in [4.78, 5) is 39.9. The fourth-order valence-electron chi connectivity index (χ4n) is 8.09. The van der Waals surface area contributed by atoms with Crippen LogP contribution in [0.2, 0.25) is 0 Å². The zero-order valence-electron chi connectivity index (χ0n) is 31.9. The first kappa shape index (κ1) is 38.8. The number of carbonyl (C=O) groups is 3. The molecule has 52 heavy (non-hydrogen) atoms. The number of carboxylic acid groups (broad SMARTS) is 2. The molecule has 278 valence electrons. The quantitative estimate of drug-likeness (QED) is 0.0901. The van der Waals surface area contributed by atoms with Gasteiger partial charge in [0.2, 0.25) is 5.69 Å². The maximum absolute atomic E-state index is 14.0. The lowest BCUT2D eigenvalue weighted by molar-refractivity contribution is -0.438. The van der Waals surface area contributed by atoms with Crippen molar-refractivity contribution in [3.8, 4) is 0 Å². The highest BCUT2D eigenvalue weighted by Gasteiger charge is 2.46. The SMILES string of the molecule is CCCCCCCCN1/C(=C/C2=C([O-])C(=C/C3=[N+](CCCCCCCC)c4ccc(C(=O)O)cc4C3(C)C)/C2=O)C(C)(C)c2cc(C(=O)O)ccc21. The normalized spacial score (nSPS) is 18.7. The topological polar surface area (TPSA) is 121 Å². The number of allylic oxidation sites excluding steroid dienone is 5. The number of rotatable bonds is 18. The molecule has 0 radical (unpaired) electrons. The lowest BCUT2D eigenvalue weighted by atomic mass is 9.77. The molecule has 0 saturated carbocycles. The number of hydrogen-bond acceptors (Lipinski definition) is 5. The molecule has 0 fully saturated rings. The maximum atomic E-state index is 14.0. The van der Waals surface area contributed by atoms with Gasteiger partial charge in [0.1, 0.15) is 6.54 Å². The Morgan fingerprint density at radius 3 is 1.90 bits per heavy atom. The van der Waals surface area contributed by atoms with Crippen LogP contribution in [0.25, 0.3) is 0 Å². The molecule has 0 aromatic heterocycles. The Hall–Kier alpha value is -4.46. The van der Waals surface area contributed by atoms with E-state index in [2.05, 4.69) is 23.3 Å². The van der Waals surface area contributed by atoms with Gasteiger partial charge in [0.05, 0.1) is 16.5 Å². The summed E-state index contributed by atoms with van der Waals surface area (Å²) in [5.74, 6) is -2.60. The van der Waals surface area contributed by atoms with E-state index in [1.54, 1.807) is 36.4 Å². The summed E-state index contributed by atoms with van der Waals surface area (Å²) in [5, 5.41) is 33.5. The number of anilines is 1. The van der Waals surface area contributed by atoms with Gasteiger partial charge in [-0.25, -0.2) is 9.59 Å². The standard InChI is InChI=1S/C44H56N2O6/c1-7-9-11-13-15-17-23-45-35-21-19-29(41(49)50)25-33(35)43(3,4)37(45)27-31-39(47)32(40(31)48)28-38-44(5,6)34-26-30(42(51)52)20-22-36(34)46(38)24-18-16-14-12-10-8-2/h19-22,25-28H,7-18,23-24H2,1-6H3,(H2-,47,48,49,50,51,52). The van der Waals surface area contributed by atoms with Gasteiger partial charge in [0.15, 0.2) is 11.5 Å². The van der Waals surface area contributed by atoms with Gasteiger partial charge in [-0.2, -0.15) is 4.58 Å². The van der Waals surface area contributed by atoms with E-state index >= 15 is 0 Å². The van der Waals surface area contributed by atoms with Gasteiger partial charge in [-0.1, -0.05) is 91.2 Å². The molecule has 0 saturated heterocycles. The number of carboxylic acids is 2. The number of hydrogen-bond donors (Lipinski definition) is 2. The van der Waals surface area contributed by atoms with Crippen LogP contribution in [-0.4, -0.2) is 51.3 Å². The molecule has 8 nitrogen and oxygen atoms in total. The van der Waals surface area contributed by atoms with Crippen molar-refractivity contribution in [2.75, 3.05) is 18.0 Å². The van der Waals surface area contributed by atoms with Gasteiger partial charge >= 0.3 is 11.9 Å². The average molecular weight is 709 g/mol. The zero-order chi connectivity index (χ0) is 37.8. The van der Waals surface area contributed by atoms with Crippen LogP contribution in [-0.2, 0) is 15.6 Å². The van der Waals surface area contributed by atoms with Gasteiger partial charge < -0.3 is 20.2 Å². The van der Waals surface area contributed by atoms with E-state index in [9.17, 15) is 29.7 Å². The van der Waals surface area contributed by atoms with E-state index in [1.165, 1.54) is 38.5 Å². The lowest BCUT2D eigenvalue weighted by Gasteiger charge is -2.33. The van der Waals surface area contributed by atoms with Crippen LogP contribution >= 0.6 is 0 Å². The summed E-state index contributed by atoms with van der Waals surface area (Å²) >= 11 is 0. The molecule has 5 rings (SSSR count). The fraction of sp³-hybridized carbons (Fsp3) is 0.500. The summed E-state index contributed by atoms with van der Waals surface area (Å²) in [6.07, 6.45) is 16.9. The molecular weight excluding hydrogens is 652 g/mol. The number of carbonyl (C=O) groups excluding carboxylic acids is 1. The van der Waals surface area contributed by atoms with Crippen LogP contribution in [0.15, 0.2) is 71.2 Å². The molecule has 2 aromatic rings. The third kappa shape index (κ3) is 7.53. The summed E-state index contributed by atoms with van der Waals surface area (Å²) in [6, 6.07) is 10.4. The average Bonchev–Trinajstić information content (AvgIpc) is 3.45. The first-order valence-corrected chi connectivity index (χ1v) is 19.3. The zero-order valence-corrected chi connectivity index (χ0v) is 31.9. The van der Waals surface area contributed by atoms with Gasteiger partial charge in [0, 0.05) is 58.6 Å². The second-order valence-electron chi connectivity index (χ2n) is 15.7. The molecule has 2 aromatic carbocycles. The van der Waals surface area contributed by atoms with Gasteiger partial charge in [0.25, 0.3) is 0 Å². The van der Waals surface area contributed by atoms with Gasteiger partial charge in [-0.3, -0.25) is 4.79 Å². The van der Waals surface area contributed by atoms with E-state index in [4.69, 9.17) is 0 Å². The molecule has 8 heteroatoms. The molecule has 3 aliphatic rings. The predicted octanol–water partition coefficient (Wildman–Crippen LogP) is 8.99. The minimum Gasteiger partial charge on any atom is -0.871 e. The molecule has 0 bridgehead atoms. The number of ketones is 1. The van der Waals surface area contributed by atoms with Crippen LogP contribution in [0.3, 0.4) is 0 Å². The second-order valence-corrected chi connectivity index (χ2v) is 15.7. The molecular formula is C44H56N2O6. The third-order valence-electron chi connectivity index (χ3n) is 11.3. The van der Waals surface area contributed by atoms with E-state index in [0.29, 0.717) is 13.1 Å². The highest BCUT2D eigenvalue weighted by atomic mass is 16.4. The first-order chi connectivity index (χ1) is 24.7. The monoisotopic (exact) mass is 708 g/mol. The summed E-state index contributed by atoms with van der Waals surface area (Å²) in [5.41, 5.74) is 4.64. The van der Waals surface area contributed by atoms with Crippen LogP contribution < -0.4 is 10.0 Å². The van der Waals surface area contributed by atoms with Gasteiger partial charge in [-0.15, -0.1) is 0 Å². The van der Waals surface area contributed by atoms with E-state index in [0.717, 1.165) is 72.4 Å². The number of nitrogens with zero attached hydrogens (tertiary/aromatic N) is 2. The minimum absolute atomic E-state index is 0.137. The second kappa shape index (κ2) is 16.1. The number of aromatic carboxylic acids is 2. The molecule has 2 heterocycles. The molecule has 2 aliphatic heterocycles. The van der Waals surface area contributed by atoms with Crippen molar-refractivity contribution in [3.05, 3.63) is 93.4 Å².